The van der Waals surface area contributed by atoms with E-state index in [-0.39, 0.29) is 41.8 Å². The molecule has 5 nitrogen and oxygen atoms in total. The number of likely N-dealkylation sites (N-methyl/N-ethyl adjacent to an activating group) is 1. The highest BCUT2D eigenvalue weighted by atomic mass is 16.5. The van der Waals surface area contributed by atoms with Gasteiger partial charge in [-0.25, -0.2) is 0 Å². The van der Waals surface area contributed by atoms with Crippen molar-refractivity contribution >= 4 is 11.6 Å². The van der Waals surface area contributed by atoms with E-state index >= 15 is 0 Å². The number of carbonyl (C=O) groups is 2. The summed E-state index contributed by atoms with van der Waals surface area (Å²) < 4.78 is 0. The molecule has 0 saturated heterocycles. The van der Waals surface area contributed by atoms with Gasteiger partial charge in [0.2, 0.25) is 11.6 Å². The first-order chi connectivity index (χ1) is 8.06. The molecule has 0 radical (unpaired) electrons. The number of fused-ring (bicyclic) bond motifs is 1. The molecule has 2 fully saturated rings. The number of ketones is 2. The van der Waals surface area contributed by atoms with Gasteiger partial charge in [-0.3, -0.25) is 9.59 Å². The van der Waals surface area contributed by atoms with Crippen molar-refractivity contribution in [1.29, 1.82) is 0 Å². The normalized spacial score (nSPS) is 39.3. The van der Waals surface area contributed by atoms with E-state index in [1.165, 1.54) is 0 Å². The molecule has 0 aromatic carbocycles. The van der Waals surface area contributed by atoms with E-state index in [0.29, 0.717) is 12.2 Å². The van der Waals surface area contributed by atoms with Gasteiger partial charge in [-0.15, -0.1) is 0 Å². The van der Waals surface area contributed by atoms with Crippen molar-refractivity contribution in [2.75, 3.05) is 6.54 Å². The zero-order valence-corrected chi connectivity index (χ0v) is 9.54. The molecule has 2 aliphatic carbocycles. The van der Waals surface area contributed by atoms with Crippen LogP contribution in [0.3, 0.4) is 0 Å². The molecule has 3 rings (SSSR count). The van der Waals surface area contributed by atoms with E-state index in [1.807, 2.05) is 11.8 Å². The Kier molecular flexibility index (Phi) is 2.18. The molecule has 0 spiro atoms. The van der Waals surface area contributed by atoms with Crippen LogP contribution >= 0.6 is 0 Å². The Bertz CT molecular complexity index is 428. The number of hydrogen-bond acceptors (Lipinski definition) is 5. The van der Waals surface area contributed by atoms with E-state index in [4.69, 9.17) is 0 Å². The lowest BCUT2D eigenvalue weighted by molar-refractivity contribution is -0.140. The molecule has 17 heavy (non-hydrogen) atoms. The van der Waals surface area contributed by atoms with Crippen LogP contribution in [-0.2, 0) is 9.59 Å². The van der Waals surface area contributed by atoms with Gasteiger partial charge in [0.05, 0.1) is 5.70 Å². The summed E-state index contributed by atoms with van der Waals surface area (Å²) in [5.41, 5.74) is 0.448. The van der Waals surface area contributed by atoms with Crippen LogP contribution in [0.1, 0.15) is 13.3 Å². The second kappa shape index (κ2) is 3.40. The van der Waals surface area contributed by atoms with Gasteiger partial charge in [-0.1, -0.05) is 6.08 Å². The molecule has 0 bridgehead atoms. The molecular formula is C12H15NO4. The molecule has 2 saturated carbocycles. The first-order valence-corrected chi connectivity index (χ1v) is 5.97. The zero-order valence-electron chi connectivity index (χ0n) is 9.54. The van der Waals surface area contributed by atoms with Gasteiger partial charge in [0.25, 0.3) is 0 Å². The SMILES string of the molecule is CCN1C(C(O)O)=CC2C3C(=O)C(=O)CC1C23. The number of nitrogens with zero attached hydrogens (tertiary/aromatic N) is 1. The standard InChI is InChI=1S/C12H15NO4/c1-2-13-6-4-8(14)11(15)10-5(9(6)10)3-7(13)12(16)17/h3,5-6,9-10,12,16-17H,2,4H2,1H3. The number of rotatable bonds is 2. The van der Waals surface area contributed by atoms with E-state index in [0.717, 1.165) is 0 Å². The molecule has 3 aliphatic rings. The van der Waals surface area contributed by atoms with Crippen LogP contribution in [0.25, 0.3) is 0 Å². The van der Waals surface area contributed by atoms with Gasteiger partial charge in [-0.05, 0) is 18.8 Å². The maximum Gasteiger partial charge on any atom is 0.202 e. The molecule has 0 amide bonds. The number of aliphatic hydroxyl groups excluding tert-OH is 1. The summed E-state index contributed by atoms with van der Waals surface area (Å²) in [5.74, 6) is -0.524. The number of aliphatic hydroxyl groups is 2. The second-order valence-corrected chi connectivity index (χ2v) is 4.99. The first-order valence-electron chi connectivity index (χ1n) is 5.97. The molecule has 2 N–H and O–H groups in total. The van der Waals surface area contributed by atoms with Crippen LogP contribution in [0.2, 0.25) is 0 Å². The smallest absolute Gasteiger partial charge is 0.202 e. The van der Waals surface area contributed by atoms with Crippen LogP contribution in [0, 0.1) is 17.8 Å². The van der Waals surface area contributed by atoms with Gasteiger partial charge in [0, 0.05) is 24.9 Å². The highest BCUT2D eigenvalue weighted by Crippen LogP contribution is 2.58. The highest BCUT2D eigenvalue weighted by Gasteiger charge is 2.65. The van der Waals surface area contributed by atoms with Gasteiger partial charge in [-0.2, -0.15) is 0 Å². The van der Waals surface area contributed by atoms with E-state index in [9.17, 15) is 19.8 Å². The maximum atomic E-state index is 11.7. The van der Waals surface area contributed by atoms with Crippen LogP contribution in [0.4, 0.5) is 0 Å². The summed E-state index contributed by atoms with van der Waals surface area (Å²) >= 11 is 0. The zero-order chi connectivity index (χ0) is 12.3. The largest absolute Gasteiger partial charge is 0.367 e. The number of Topliss-reactive ketones (excluding diaryl/α,β-unsaturated/α-hetero) is 2. The minimum absolute atomic E-state index is 0.0259. The Morgan fingerprint density at radius 2 is 2.18 bits per heavy atom. The molecule has 4 unspecified atom stereocenters. The van der Waals surface area contributed by atoms with E-state index in [2.05, 4.69) is 0 Å². The van der Waals surface area contributed by atoms with Crippen molar-refractivity contribution in [1.82, 2.24) is 4.90 Å². The van der Waals surface area contributed by atoms with Crippen LogP contribution in [-0.4, -0.2) is 45.6 Å². The average Bonchev–Trinajstić information content (AvgIpc) is 3.00. The van der Waals surface area contributed by atoms with E-state index in [1.54, 1.807) is 6.08 Å². The van der Waals surface area contributed by atoms with Crippen molar-refractivity contribution in [3.05, 3.63) is 11.8 Å². The minimum atomic E-state index is -1.53. The quantitative estimate of drug-likeness (QED) is 0.490. The predicted molar refractivity (Wildman–Crippen MR) is 57.6 cm³/mol. The van der Waals surface area contributed by atoms with Crippen molar-refractivity contribution < 1.29 is 19.8 Å². The second-order valence-electron chi connectivity index (χ2n) is 4.99. The van der Waals surface area contributed by atoms with Crippen molar-refractivity contribution in [3.63, 3.8) is 0 Å². The number of carbonyl (C=O) groups excluding carboxylic acids is 2. The third kappa shape index (κ3) is 1.32. The third-order valence-electron chi connectivity index (χ3n) is 4.25. The van der Waals surface area contributed by atoms with E-state index < -0.39 is 6.29 Å². The lowest BCUT2D eigenvalue weighted by Crippen LogP contribution is -2.46. The molecule has 92 valence electrons. The monoisotopic (exact) mass is 237 g/mol. The molecule has 0 aromatic rings. The fourth-order valence-corrected chi connectivity index (χ4v) is 3.49. The van der Waals surface area contributed by atoms with Crippen molar-refractivity contribution in [2.24, 2.45) is 17.8 Å². The molecule has 0 aromatic heterocycles. The predicted octanol–water partition coefficient (Wildman–Crippen LogP) is -0.711. The van der Waals surface area contributed by atoms with Crippen LogP contribution < -0.4 is 0 Å². The van der Waals surface area contributed by atoms with Crippen molar-refractivity contribution in [2.45, 2.75) is 25.7 Å². The maximum absolute atomic E-state index is 11.7. The lowest BCUT2D eigenvalue weighted by Gasteiger charge is -2.38. The summed E-state index contributed by atoms with van der Waals surface area (Å²) in [4.78, 5) is 25.1. The first kappa shape index (κ1) is 10.9. The highest BCUT2D eigenvalue weighted by molar-refractivity contribution is 6.39. The average molecular weight is 237 g/mol. The number of hydrogen-bond donors (Lipinski definition) is 2. The Balaban J connectivity index is 1.98. The lowest BCUT2D eigenvalue weighted by atomic mass is 9.91. The van der Waals surface area contributed by atoms with Gasteiger partial charge in [0.15, 0.2) is 6.29 Å². The number of allylic oxidation sites excluding steroid dienone is 1. The Morgan fingerprint density at radius 1 is 1.47 bits per heavy atom. The molecule has 5 heteroatoms. The van der Waals surface area contributed by atoms with Crippen LogP contribution in [0.5, 0.6) is 0 Å². The van der Waals surface area contributed by atoms with Crippen LogP contribution in [0.15, 0.2) is 11.8 Å². The topological polar surface area (TPSA) is 77.8 Å². The summed E-state index contributed by atoms with van der Waals surface area (Å²) in [5, 5.41) is 18.7. The molecular weight excluding hydrogens is 222 g/mol. The fourth-order valence-electron chi connectivity index (χ4n) is 3.49. The summed E-state index contributed by atoms with van der Waals surface area (Å²) in [7, 11) is 0. The van der Waals surface area contributed by atoms with Gasteiger partial charge in [0.1, 0.15) is 0 Å². The van der Waals surface area contributed by atoms with Gasteiger partial charge >= 0.3 is 0 Å². The fraction of sp³-hybridized carbons (Fsp3) is 0.667. The van der Waals surface area contributed by atoms with Crippen molar-refractivity contribution in [3.8, 4) is 0 Å². The Hall–Kier alpha value is -1.20. The van der Waals surface area contributed by atoms with Gasteiger partial charge < -0.3 is 15.1 Å². The third-order valence-corrected chi connectivity index (χ3v) is 4.25. The summed E-state index contributed by atoms with van der Waals surface area (Å²) in [6.45, 7) is 2.53. The molecule has 4 atom stereocenters. The Morgan fingerprint density at radius 3 is 2.76 bits per heavy atom. The Labute approximate surface area is 98.7 Å². The molecule has 1 heterocycles. The summed E-state index contributed by atoms with van der Waals surface area (Å²) in [6.07, 6.45) is 0.452. The molecule has 1 aliphatic heterocycles. The minimum Gasteiger partial charge on any atom is -0.367 e. The summed E-state index contributed by atoms with van der Waals surface area (Å²) in [6, 6.07) is -0.0259.